The topological polar surface area (TPSA) is 101 Å². The number of carboxylic acid groups (broad SMARTS) is 1. The van der Waals surface area contributed by atoms with E-state index in [9.17, 15) is 14.7 Å². The molecule has 3 atom stereocenters. The number of esters is 1. The Hall–Kier alpha value is -2.54. The third-order valence-electron chi connectivity index (χ3n) is 4.60. The van der Waals surface area contributed by atoms with Crippen molar-refractivity contribution in [3.63, 3.8) is 0 Å². The van der Waals surface area contributed by atoms with Gasteiger partial charge in [0, 0.05) is 22.5 Å². The number of hydrogen-bond acceptors (Lipinski definition) is 5. The van der Waals surface area contributed by atoms with Crippen LogP contribution in [0.15, 0.2) is 18.2 Å². The van der Waals surface area contributed by atoms with Crippen molar-refractivity contribution < 1.29 is 24.2 Å². The van der Waals surface area contributed by atoms with Gasteiger partial charge in [0.25, 0.3) is 0 Å². The van der Waals surface area contributed by atoms with E-state index in [0.717, 1.165) is 16.5 Å². The molecule has 2 aromatic rings. The fourth-order valence-electron chi connectivity index (χ4n) is 3.59. The first-order valence-electron chi connectivity index (χ1n) is 8.81. The van der Waals surface area contributed by atoms with E-state index < -0.39 is 24.0 Å². The fraction of sp³-hybridized carbons (Fsp3) is 0.474. The second-order valence-corrected chi connectivity index (χ2v) is 6.75. The Morgan fingerprint density at radius 3 is 2.65 bits per heavy atom. The van der Waals surface area contributed by atoms with E-state index >= 15 is 0 Å². The van der Waals surface area contributed by atoms with Gasteiger partial charge in [0.2, 0.25) is 0 Å². The number of carbonyl (C=O) groups excluding carboxylic acids is 1. The Kier molecular flexibility index (Phi) is 4.91. The molecule has 1 aliphatic rings. The van der Waals surface area contributed by atoms with E-state index in [2.05, 4.69) is 10.3 Å². The zero-order valence-electron chi connectivity index (χ0n) is 15.3. The van der Waals surface area contributed by atoms with Crippen LogP contribution in [-0.2, 0) is 14.3 Å². The van der Waals surface area contributed by atoms with Crippen molar-refractivity contribution in [1.82, 2.24) is 10.3 Å². The van der Waals surface area contributed by atoms with Gasteiger partial charge in [-0.1, -0.05) is 13.0 Å². The Labute approximate surface area is 151 Å². The number of benzene rings is 1. The summed E-state index contributed by atoms with van der Waals surface area (Å²) in [4.78, 5) is 27.4. The van der Waals surface area contributed by atoms with Crippen molar-refractivity contribution in [2.24, 2.45) is 0 Å². The maximum atomic E-state index is 12.4. The molecule has 1 aromatic carbocycles. The molecular weight excluding hydrogens is 336 g/mol. The molecule has 26 heavy (non-hydrogen) atoms. The van der Waals surface area contributed by atoms with Crippen LogP contribution in [0.25, 0.3) is 10.9 Å². The van der Waals surface area contributed by atoms with E-state index in [0.29, 0.717) is 11.4 Å². The van der Waals surface area contributed by atoms with Crippen molar-refractivity contribution in [3.05, 3.63) is 29.5 Å². The molecule has 3 unspecified atom stereocenters. The number of aliphatic carboxylic acids is 1. The third-order valence-corrected chi connectivity index (χ3v) is 4.60. The molecule has 0 amide bonds. The molecular formula is C19H24N2O5. The van der Waals surface area contributed by atoms with Crippen LogP contribution >= 0.6 is 0 Å². The monoisotopic (exact) mass is 360 g/mol. The minimum Gasteiger partial charge on any atom is -0.490 e. The first-order valence-corrected chi connectivity index (χ1v) is 8.81. The number of nitrogens with one attached hydrogen (secondary N) is 2. The normalized spacial score (nSPS) is 22.3. The Morgan fingerprint density at radius 1 is 1.31 bits per heavy atom. The summed E-state index contributed by atoms with van der Waals surface area (Å²) in [7, 11) is 0. The zero-order valence-corrected chi connectivity index (χ0v) is 15.3. The number of aromatic amines is 1. The van der Waals surface area contributed by atoms with Crippen molar-refractivity contribution in [3.8, 4) is 5.75 Å². The van der Waals surface area contributed by atoms with Crippen LogP contribution in [-0.4, -0.2) is 40.8 Å². The largest absolute Gasteiger partial charge is 0.490 e. The van der Waals surface area contributed by atoms with Gasteiger partial charge in [-0.15, -0.1) is 0 Å². The van der Waals surface area contributed by atoms with Crippen LogP contribution in [0.3, 0.4) is 0 Å². The minimum atomic E-state index is -1.05. The predicted octanol–water partition coefficient (Wildman–Crippen LogP) is 2.72. The lowest BCUT2D eigenvalue weighted by Crippen LogP contribution is -2.49. The molecule has 140 valence electrons. The first kappa shape index (κ1) is 18.3. The molecule has 0 saturated heterocycles. The first-order chi connectivity index (χ1) is 12.3. The highest BCUT2D eigenvalue weighted by Gasteiger charge is 2.42. The summed E-state index contributed by atoms with van der Waals surface area (Å²) in [5.74, 6) is -1.10. The lowest BCUT2D eigenvalue weighted by Gasteiger charge is -2.33. The number of fused-ring (bicyclic) bond motifs is 3. The van der Waals surface area contributed by atoms with Gasteiger partial charge >= 0.3 is 11.9 Å². The third kappa shape index (κ3) is 3.03. The number of aromatic nitrogens is 1. The van der Waals surface area contributed by atoms with Gasteiger partial charge in [0.1, 0.15) is 17.8 Å². The maximum absolute atomic E-state index is 12.4. The molecule has 7 heteroatoms. The number of carboxylic acids is 1. The number of carbonyl (C=O) groups is 2. The highest BCUT2D eigenvalue weighted by atomic mass is 16.5. The molecule has 1 aromatic heterocycles. The number of hydrogen-bond donors (Lipinski definition) is 3. The average molecular weight is 360 g/mol. The summed E-state index contributed by atoms with van der Waals surface area (Å²) >= 11 is 0. The summed E-state index contributed by atoms with van der Waals surface area (Å²) in [6.07, 6.45) is -0.0284. The van der Waals surface area contributed by atoms with Gasteiger partial charge in [-0.05, 0) is 38.5 Å². The van der Waals surface area contributed by atoms with Crippen LogP contribution in [0.2, 0.25) is 0 Å². The highest BCUT2D eigenvalue weighted by molar-refractivity contribution is 5.95. The van der Waals surface area contributed by atoms with Crippen LogP contribution in [0.4, 0.5) is 0 Å². The molecule has 0 spiro atoms. The minimum absolute atomic E-state index is 0.0284. The smallest absolute Gasteiger partial charge is 0.326 e. The zero-order chi connectivity index (χ0) is 19.0. The Balaban J connectivity index is 2.20. The van der Waals surface area contributed by atoms with E-state index in [4.69, 9.17) is 9.47 Å². The molecule has 3 N–H and O–H groups in total. The van der Waals surface area contributed by atoms with Crippen LogP contribution in [0.1, 0.15) is 50.9 Å². The van der Waals surface area contributed by atoms with E-state index in [1.165, 1.54) is 0 Å². The molecule has 7 nitrogen and oxygen atoms in total. The van der Waals surface area contributed by atoms with Gasteiger partial charge in [-0.3, -0.25) is 14.9 Å². The van der Waals surface area contributed by atoms with Crippen LogP contribution < -0.4 is 10.1 Å². The molecule has 3 rings (SSSR count). The lowest BCUT2D eigenvalue weighted by atomic mass is 9.84. The summed E-state index contributed by atoms with van der Waals surface area (Å²) in [6, 6.07) is 3.84. The van der Waals surface area contributed by atoms with Crippen molar-refractivity contribution in [2.45, 2.75) is 51.8 Å². The summed E-state index contributed by atoms with van der Waals surface area (Å²) in [5, 5.41) is 13.4. The predicted molar refractivity (Wildman–Crippen MR) is 96.4 cm³/mol. The molecule has 0 saturated carbocycles. The quantitative estimate of drug-likeness (QED) is 0.709. The summed E-state index contributed by atoms with van der Waals surface area (Å²) in [6.45, 7) is 7.73. The van der Waals surface area contributed by atoms with Gasteiger partial charge in [0.15, 0.2) is 0 Å². The Bertz CT molecular complexity index is 842. The number of rotatable bonds is 5. The van der Waals surface area contributed by atoms with Crippen molar-refractivity contribution in [1.29, 1.82) is 0 Å². The van der Waals surface area contributed by atoms with Gasteiger partial charge < -0.3 is 19.6 Å². The van der Waals surface area contributed by atoms with Crippen molar-refractivity contribution in [2.75, 3.05) is 6.61 Å². The molecule has 2 heterocycles. The number of H-pyrrole nitrogens is 1. The average Bonchev–Trinajstić information content (AvgIpc) is 2.95. The molecule has 1 aliphatic heterocycles. The highest BCUT2D eigenvalue weighted by Crippen LogP contribution is 2.42. The van der Waals surface area contributed by atoms with Crippen LogP contribution in [0, 0.1) is 0 Å². The van der Waals surface area contributed by atoms with Crippen molar-refractivity contribution >= 4 is 22.8 Å². The van der Waals surface area contributed by atoms with Gasteiger partial charge in [-0.25, -0.2) is 0 Å². The van der Waals surface area contributed by atoms with Gasteiger partial charge in [0.05, 0.1) is 12.7 Å². The lowest BCUT2D eigenvalue weighted by molar-refractivity contribution is -0.148. The van der Waals surface area contributed by atoms with E-state index in [-0.39, 0.29) is 18.6 Å². The standard InChI is InChI=1S/C19H24N2O5/c1-5-25-19(24)15-10(4)13-14-11(7-6-8-12(14)26-9(2)3)20-16(13)17(21-15)18(22)23/h6-10,15,17,20-21H,5H2,1-4H3,(H,22,23). The second kappa shape index (κ2) is 6.99. The molecule has 0 bridgehead atoms. The second-order valence-electron chi connectivity index (χ2n) is 6.75. The maximum Gasteiger partial charge on any atom is 0.326 e. The van der Waals surface area contributed by atoms with Gasteiger partial charge in [-0.2, -0.15) is 0 Å². The van der Waals surface area contributed by atoms with Crippen LogP contribution in [0.5, 0.6) is 5.75 Å². The molecule has 0 radical (unpaired) electrons. The Morgan fingerprint density at radius 2 is 2.04 bits per heavy atom. The molecule has 0 aliphatic carbocycles. The molecule has 0 fully saturated rings. The summed E-state index contributed by atoms with van der Waals surface area (Å²) in [5.41, 5.74) is 2.14. The fourth-order valence-corrected chi connectivity index (χ4v) is 3.59. The van der Waals surface area contributed by atoms with E-state index in [1.54, 1.807) is 6.92 Å². The SMILES string of the molecule is CCOC(=O)C1NC(C(=O)O)c2[nH]c3cccc(OC(C)C)c3c2C1C. The van der Waals surface area contributed by atoms with E-state index in [1.807, 2.05) is 39.0 Å². The number of ether oxygens (including phenoxy) is 2. The summed E-state index contributed by atoms with van der Waals surface area (Å²) < 4.78 is 11.1.